The van der Waals surface area contributed by atoms with Gasteiger partial charge in [0.2, 0.25) is 6.79 Å². The van der Waals surface area contributed by atoms with Crippen LogP contribution < -0.4 is 14.8 Å². The quantitative estimate of drug-likeness (QED) is 0.821. The molecule has 2 aromatic rings. The molecule has 1 aromatic heterocycles. The molecule has 0 amide bonds. The third-order valence-electron chi connectivity index (χ3n) is 4.74. The first-order valence-electron chi connectivity index (χ1n) is 9.05. The molecule has 134 valence electrons. The average Bonchev–Trinajstić information content (AvgIpc) is 3.35. The second-order valence-electron chi connectivity index (χ2n) is 6.96. The van der Waals surface area contributed by atoms with Gasteiger partial charge in [0.05, 0.1) is 5.69 Å². The van der Waals surface area contributed by atoms with Crippen LogP contribution in [0.2, 0.25) is 0 Å². The summed E-state index contributed by atoms with van der Waals surface area (Å²) in [4.78, 5) is 7.33. The number of ether oxygens (including phenoxy) is 2. The van der Waals surface area contributed by atoms with Gasteiger partial charge in [-0.25, -0.2) is 4.98 Å². The van der Waals surface area contributed by atoms with E-state index in [1.165, 1.54) is 32.5 Å². The minimum atomic E-state index is 0.307. The fraction of sp³-hybridized carbons (Fsp3) is 0.526. The molecule has 2 aliphatic heterocycles. The summed E-state index contributed by atoms with van der Waals surface area (Å²) in [5.74, 6) is 2.29. The third kappa shape index (κ3) is 4.14. The van der Waals surface area contributed by atoms with E-state index in [1.54, 1.807) is 11.3 Å². The molecule has 4 rings (SSSR count). The normalized spacial score (nSPS) is 18.0. The summed E-state index contributed by atoms with van der Waals surface area (Å²) in [5, 5.41) is 6.72. The molecule has 0 spiro atoms. The van der Waals surface area contributed by atoms with E-state index in [9.17, 15) is 0 Å². The summed E-state index contributed by atoms with van der Waals surface area (Å²) in [7, 11) is 0. The lowest BCUT2D eigenvalue weighted by atomic mass is 10.1. The van der Waals surface area contributed by atoms with Crippen molar-refractivity contribution in [3.63, 3.8) is 0 Å². The third-order valence-corrected chi connectivity index (χ3v) is 5.68. The van der Waals surface area contributed by atoms with Crippen molar-refractivity contribution >= 4 is 11.3 Å². The molecule has 1 atom stereocenters. The predicted molar refractivity (Wildman–Crippen MR) is 100 cm³/mol. The van der Waals surface area contributed by atoms with Crippen LogP contribution >= 0.6 is 11.3 Å². The van der Waals surface area contributed by atoms with Crippen molar-refractivity contribution < 1.29 is 9.47 Å². The Balaban J connectivity index is 1.28. The molecule has 25 heavy (non-hydrogen) atoms. The number of hydrogen-bond acceptors (Lipinski definition) is 6. The first kappa shape index (κ1) is 16.8. The molecule has 1 unspecified atom stereocenters. The lowest BCUT2D eigenvalue weighted by Gasteiger charge is -2.20. The van der Waals surface area contributed by atoms with Crippen molar-refractivity contribution in [2.45, 2.75) is 26.3 Å². The summed E-state index contributed by atoms with van der Waals surface area (Å²) < 4.78 is 10.8. The SMILES string of the molecule is CC(CNCc1csc(-c2ccc3c(c2)OCO3)n1)CN1CCCC1. The maximum Gasteiger partial charge on any atom is 0.231 e. The van der Waals surface area contributed by atoms with Crippen LogP contribution in [0.15, 0.2) is 23.6 Å². The highest BCUT2D eigenvalue weighted by molar-refractivity contribution is 7.13. The highest BCUT2D eigenvalue weighted by atomic mass is 32.1. The van der Waals surface area contributed by atoms with Gasteiger partial charge in [-0.15, -0.1) is 11.3 Å². The van der Waals surface area contributed by atoms with Gasteiger partial charge in [-0.3, -0.25) is 0 Å². The summed E-state index contributed by atoms with van der Waals surface area (Å²) in [5.41, 5.74) is 2.19. The van der Waals surface area contributed by atoms with Crippen LogP contribution in [0.5, 0.6) is 11.5 Å². The van der Waals surface area contributed by atoms with Crippen LogP contribution in [0, 0.1) is 5.92 Å². The zero-order chi connectivity index (χ0) is 17.1. The number of fused-ring (bicyclic) bond motifs is 1. The van der Waals surface area contributed by atoms with Crippen LogP contribution in [-0.4, -0.2) is 42.9 Å². The number of nitrogens with one attached hydrogen (secondary N) is 1. The van der Waals surface area contributed by atoms with E-state index >= 15 is 0 Å². The molecular weight excluding hydrogens is 334 g/mol. The molecule has 0 aliphatic carbocycles. The van der Waals surface area contributed by atoms with E-state index in [-0.39, 0.29) is 0 Å². The summed E-state index contributed by atoms with van der Waals surface area (Å²) >= 11 is 1.68. The van der Waals surface area contributed by atoms with Gasteiger partial charge in [0, 0.05) is 24.0 Å². The summed E-state index contributed by atoms with van der Waals surface area (Å²) in [6, 6.07) is 6.01. The maximum atomic E-state index is 5.45. The smallest absolute Gasteiger partial charge is 0.231 e. The molecule has 6 heteroatoms. The Kier molecular flexibility index (Phi) is 5.20. The molecule has 5 nitrogen and oxygen atoms in total. The van der Waals surface area contributed by atoms with E-state index in [1.807, 2.05) is 18.2 Å². The summed E-state index contributed by atoms with van der Waals surface area (Å²) in [6.07, 6.45) is 2.73. The van der Waals surface area contributed by atoms with Gasteiger partial charge < -0.3 is 19.7 Å². The number of likely N-dealkylation sites (tertiary alicyclic amines) is 1. The first-order chi connectivity index (χ1) is 12.3. The van der Waals surface area contributed by atoms with E-state index in [0.717, 1.165) is 40.9 Å². The van der Waals surface area contributed by atoms with Crippen molar-refractivity contribution in [2.24, 2.45) is 5.92 Å². The predicted octanol–water partition coefficient (Wildman–Crippen LogP) is 3.36. The van der Waals surface area contributed by atoms with Gasteiger partial charge in [0.1, 0.15) is 5.01 Å². The Morgan fingerprint density at radius 1 is 1.24 bits per heavy atom. The zero-order valence-corrected chi connectivity index (χ0v) is 15.5. The van der Waals surface area contributed by atoms with Crippen LogP contribution in [-0.2, 0) is 6.54 Å². The van der Waals surface area contributed by atoms with Crippen LogP contribution in [0.4, 0.5) is 0 Å². The first-order valence-corrected chi connectivity index (χ1v) is 9.93. The van der Waals surface area contributed by atoms with Crippen molar-refractivity contribution in [3.05, 3.63) is 29.3 Å². The number of aromatic nitrogens is 1. The topological polar surface area (TPSA) is 46.6 Å². The molecule has 0 saturated carbocycles. The lowest BCUT2D eigenvalue weighted by Crippen LogP contribution is -2.31. The molecule has 1 N–H and O–H groups in total. The second-order valence-corrected chi connectivity index (χ2v) is 7.81. The Hall–Kier alpha value is -1.63. The van der Waals surface area contributed by atoms with Gasteiger partial charge >= 0.3 is 0 Å². The molecule has 0 bridgehead atoms. The van der Waals surface area contributed by atoms with Gasteiger partial charge in [-0.2, -0.15) is 0 Å². The standard InChI is InChI=1S/C19H25N3O2S/c1-14(11-22-6-2-3-7-22)9-20-10-16-12-25-19(21-16)15-4-5-17-18(8-15)24-13-23-17/h4-5,8,12,14,20H,2-3,6-7,9-11,13H2,1H3. The Morgan fingerprint density at radius 3 is 2.96 bits per heavy atom. The fourth-order valence-corrected chi connectivity index (χ4v) is 4.28. The average molecular weight is 359 g/mol. The van der Waals surface area contributed by atoms with E-state index in [0.29, 0.717) is 12.7 Å². The van der Waals surface area contributed by atoms with Crippen LogP contribution in [0.3, 0.4) is 0 Å². The molecule has 1 saturated heterocycles. The van der Waals surface area contributed by atoms with Crippen molar-refractivity contribution in [3.8, 4) is 22.1 Å². The zero-order valence-electron chi connectivity index (χ0n) is 14.7. The fourth-order valence-electron chi connectivity index (χ4n) is 3.47. The largest absolute Gasteiger partial charge is 0.454 e. The molecular formula is C19H25N3O2S. The van der Waals surface area contributed by atoms with Gasteiger partial charge in [0.15, 0.2) is 11.5 Å². The number of nitrogens with zero attached hydrogens (tertiary/aromatic N) is 2. The molecule has 2 aliphatic rings. The van der Waals surface area contributed by atoms with E-state index in [2.05, 4.69) is 22.5 Å². The number of benzene rings is 1. The Bertz CT molecular complexity index is 712. The van der Waals surface area contributed by atoms with Gasteiger partial charge in [-0.1, -0.05) is 6.92 Å². The van der Waals surface area contributed by atoms with Gasteiger partial charge in [-0.05, 0) is 56.6 Å². The highest BCUT2D eigenvalue weighted by Gasteiger charge is 2.16. The molecule has 1 fully saturated rings. The highest BCUT2D eigenvalue weighted by Crippen LogP contribution is 2.36. The summed E-state index contributed by atoms with van der Waals surface area (Å²) in [6.45, 7) is 8.24. The van der Waals surface area contributed by atoms with E-state index in [4.69, 9.17) is 14.5 Å². The number of hydrogen-bond donors (Lipinski definition) is 1. The monoisotopic (exact) mass is 359 g/mol. The maximum absolute atomic E-state index is 5.45. The lowest BCUT2D eigenvalue weighted by molar-refractivity contribution is 0.174. The van der Waals surface area contributed by atoms with Crippen LogP contribution in [0.1, 0.15) is 25.5 Å². The second kappa shape index (κ2) is 7.72. The van der Waals surface area contributed by atoms with Gasteiger partial charge in [0.25, 0.3) is 0 Å². The van der Waals surface area contributed by atoms with Crippen molar-refractivity contribution in [1.29, 1.82) is 0 Å². The molecule has 0 radical (unpaired) electrons. The Labute approximate surface area is 153 Å². The van der Waals surface area contributed by atoms with E-state index < -0.39 is 0 Å². The van der Waals surface area contributed by atoms with Crippen molar-refractivity contribution in [1.82, 2.24) is 15.2 Å². The minimum Gasteiger partial charge on any atom is -0.454 e. The molecule has 3 heterocycles. The van der Waals surface area contributed by atoms with Crippen LogP contribution in [0.25, 0.3) is 10.6 Å². The number of thiazole rings is 1. The molecule has 1 aromatic carbocycles. The van der Waals surface area contributed by atoms with Crippen molar-refractivity contribution in [2.75, 3.05) is 33.0 Å². The Morgan fingerprint density at radius 2 is 2.08 bits per heavy atom. The number of rotatable bonds is 7. The minimum absolute atomic E-state index is 0.307.